The van der Waals surface area contributed by atoms with E-state index in [1.54, 1.807) is 18.2 Å². The highest BCUT2D eigenvalue weighted by Gasteiger charge is 2.32. The summed E-state index contributed by atoms with van der Waals surface area (Å²) in [7, 11) is 1.42. The summed E-state index contributed by atoms with van der Waals surface area (Å²) in [6, 6.07) is 3.24. The van der Waals surface area contributed by atoms with Crippen molar-refractivity contribution in [2.24, 2.45) is 0 Å². The zero-order chi connectivity index (χ0) is 19.0. The number of nitrogen functional groups attached to an aromatic ring is 1. The molecule has 1 aliphatic heterocycles. The number of benzene rings is 1. The number of aromatic nitrogens is 1. The van der Waals surface area contributed by atoms with Crippen LogP contribution in [0.2, 0.25) is 0 Å². The van der Waals surface area contributed by atoms with Crippen LogP contribution in [-0.4, -0.2) is 33.9 Å². The molecule has 2 amide bonds. The SMILES string of the molecule is CC(=O)c1cc(/C=C2\SC(=O)N(C)C2=O)c(Br)cc1Oc1cnc(N)s1. The molecule has 1 aliphatic rings. The van der Waals surface area contributed by atoms with Gasteiger partial charge in [-0.1, -0.05) is 27.3 Å². The van der Waals surface area contributed by atoms with Crippen LogP contribution in [0.1, 0.15) is 22.8 Å². The van der Waals surface area contributed by atoms with E-state index >= 15 is 0 Å². The molecule has 0 aliphatic carbocycles. The average Bonchev–Trinajstić information content (AvgIpc) is 3.08. The van der Waals surface area contributed by atoms with E-state index in [-0.39, 0.29) is 21.8 Å². The Bertz CT molecular complexity index is 970. The van der Waals surface area contributed by atoms with E-state index < -0.39 is 0 Å². The van der Waals surface area contributed by atoms with Crippen molar-refractivity contribution in [3.05, 3.63) is 38.8 Å². The smallest absolute Gasteiger partial charge is 0.293 e. The van der Waals surface area contributed by atoms with Crippen LogP contribution < -0.4 is 10.5 Å². The first kappa shape index (κ1) is 18.6. The van der Waals surface area contributed by atoms with Crippen LogP contribution >= 0.6 is 39.0 Å². The highest BCUT2D eigenvalue weighted by Crippen LogP contribution is 2.37. The lowest BCUT2D eigenvalue weighted by Gasteiger charge is -2.10. The number of carbonyl (C=O) groups excluding carboxylic acids is 3. The molecule has 2 aromatic rings. The molecule has 10 heteroatoms. The first-order valence-corrected chi connectivity index (χ1v) is 9.64. The average molecular weight is 454 g/mol. The van der Waals surface area contributed by atoms with Gasteiger partial charge >= 0.3 is 0 Å². The Kier molecular flexibility index (Phi) is 5.17. The highest BCUT2D eigenvalue weighted by atomic mass is 79.9. The number of nitrogens with zero attached hydrogens (tertiary/aromatic N) is 2. The minimum absolute atomic E-state index is 0.205. The van der Waals surface area contributed by atoms with E-state index in [9.17, 15) is 14.4 Å². The fourth-order valence-corrected chi connectivity index (χ4v) is 3.96. The predicted octanol–water partition coefficient (Wildman–Crippen LogP) is 4.15. The fraction of sp³-hybridized carbons (Fsp3) is 0.125. The molecule has 0 bridgehead atoms. The fourth-order valence-electron chi connectivity index (χ4n) is 2.16. The lowest BCUT2D eigenvalue weighted by Crippen LogP contribution is -2.22. The van der Waals surface area contributed by atoms with E-state index in [0.717, 1.165) is 28.0 Å². The van der Waals surface area contributed by atoms with Gasteiger partial charge in [-0.05, 0) is 42.5 Å². The van der Waals surface area contributed by atoms with E-state index in [1.165, 1.54) is 20.2 Å². The van der Waals surface area contributed by atoms with E-state index in [0.29, 0.717) is 31.5 Å². The molecule has 0 saturated carbocycles. The number of ether oxygens (including phenoxy) is 1. The number of ketones is 1. The monoisotopic (exact) mass is 453 g/mol. The first-order chi connectivity index (χ1) is 12.3. The number of anilines is 1. The molecular weight excluding hydrogens is 442 g/mol. The number of Topliss-reactive ketones (excluding diaryl/α,β-unsaturated/α-hetero) is 1. The molecule has 1 saturated heterocycles. The van der Waals surface area contributed by atoms with Gasteiger partial charge in [-0.15, -0.1) is 0 Å². The summed E-state index contributed by atoms with van der Waals surface area (Å²) in [5.74, 6) is -0.242. The summed E-state index contributed by atoms with van der Waals surface area (Å²) < 4.78 is 6.33. The largest absolute Gasteiger partial charge is 0.444 e. The first-order valence-electron chi connectivity index (χ1n) is 7.21. The second-order valence-electron chi connectivity index (χ2n) is 5.29. The maximum absolute atomic E-state index is 12.1. The van der Waals surface area contributed by atoms with Crippen molar-refractivity contribution in [2.75, 3.05) is 12.8 Å². The van der Waals surface area contributed by atoms with Crippen LogP contribution in [0.25, 0.3) is 6.08 Å². The van der Waals surface area contributed by atoms with Crippen LogP contribution in [-0.2, 0) is 4.79 Å². The third kappa shape index (κ3) is 3.67. The molecule has 0 unspecified atom stereocenters. The molecular formula is C16H12BrN3O4S2. The van der Waals surface area contributed by atoms with Crippen LogP contribution in [0.3, 0.4) is 0 Å². The van der Waals surface area contributed by atoms with Gasteiger partial charge in [-0.25, -0.2) is 4.98 Å². The highest BCUT2D eigenvalue weighted by molar-refractivity contribution is 9.10. The zero-order valence-corrected chi connectivity index (χ0v) is 16.8. The Morgan fingerprint density at radius 2 is 2.12 bits per heavy atom. The Hall–Kier alpha value is -2.17. The summed E-state index contributed by atoms with van der Waals surface area (Å²) in [6.07, 6.45) is 3.04. The minimum Gasteiger partial charge on any atom is -0.444 e. The predicted molar refractivity (Wildman–Crippen MR) is 104 cm³/mol. The van der Waals surface area contributed by atoms with Gasteiger partial charge in [0, 0.05) is 11.5 Å². The number of thioether (sulfide) groups is 1. The molecule has 1 aromatic heterocycles. The topological polar surface area (TPSA) is 103 Å². The lowest BCUT2D eigenvalue weighted by molar-refractivity contribution is -0.121. The number of carbonyl (C=O) groups is 3. The molecule has 0 spiro atoms. The molecule has 26 heavy (non-hydrogen) atoms. The van der Waals surface area contributed by atoms with Crippen molar-refractivity contribution in [3.8, 4) is 10.8 Å². The van der Waals surface area contributed by atoms with Crippen LogP contribution in [0.4, 0.5) is 9.93 Å². The molecule has 1 fully saturated rings. The number of nitrogens with two attached hydrogens (primary N) is 1. The van der Waals surface area contributed by atoms with Crippen molar-refractivity contribution >= 4 is 67.2 Å². The van der Waals surface area contributed by atoms with Crippen LogP contribution in [0.15, 0.2) is 27.7 Å². The van der Waals surface area contributed by atoms with E-state index in [1.807, 2.05) is 0 Å². The number of halogens is 1. The molecule has 134 valence electrons. The number of hydrogen-bond acceptors (Lipinski definition) is 8. The summed E-state index contributed by atoms with van der Waals surface area (Å²) >= 11 is 5.42. The number of amides is 2. The van der Waals surface area contributed by atoms with Crippen molar-refractivity contribution < 1.29 is 19.1 Å². The van der Waals surface area contributed by atoms with E-state index in [4.69, 9.17) is 10.5 Å². The van der Waals surface area contributed by atoms with Gasteiger partial charge in [0.2, 0.25) is 5.06 Å². The maximum atomic E-state index is 12.1. The normalized spacial score (nSPS) is 15.8. The Labute approximate surface area is 165 Å². The number of imide groups is 1. The second kappa shape index (κ2) is 7.22. The number of thiazole rings is 1. The second-order valence-corrected chi connectivity index (χ2v) is 8.16. The molecule has 7 nitrogen and oxygen atoms in total. The molecule has 3 rings (SSSR count). The summed E-state index contributed by atoms with van der Waals surface area (Å²) in [6.45, 7) is 1.42. The summed E-state index contributed by atoms with van der Waals surface area (Å²) in [5.41, 5.74) is 6.51. The molecule has 0 radical (unpaired) electrons. The van der Waals surface area contributed by atoms with E-state index in [2.05, 4.69) is 20.9 Å². The van der Waals surface area contributed by atoms with Gasteiger partial charge < -0.3 is 10.5 Å². The van der Waals surface area contributed by atoms with Crippen LogP contribution in [0.5, 0.6) is 10.8 Å². The zero-order valence-electron chi connectivity index (χ0n) is 13.6. The van der Waals surface area contributed by atoms with Crippen molar-refractivity contribution in [1.82, 2.24) is 9.88 Å². The van der Waals surface area contributed by atoms with Gasteiger partial charge in [-0.2, -0.15) is 0 Å². The summed E-state index contributed by atoms with van der Waals surface area (Å²) in [5, 5.41) is 0.471. The number of hydrogen-bond donors (Lipinski definition) is 1. The minimum atomic E-state index is -0.378. The quantitative estimate of drug-likeness (QED) is 0.547. The standard InChI is InChI=1S/C16H12BrN3O4S2/c1-7(21)9-3-8(4-12-14(22)20(2)16(23)25-12)10(17)5-11(9)24-13-6-19-15(18)26-13/h3-6H,1-2H3,(H2,18,19)/b12-4-. The van der Waals surface area contributed by atoms with Gasteiger partial charge in [-0.3, -0.25) is 19.3 Å². The third-order valence-corrected chi connectivity index (χ3v) is 5.82. The third-order valence-electron chi connectivity index (χ3n) is 3.46. The van der Waals surface area contributed by atoms with Gasteiger partial charge in [0.1, 0.15) is 5.75 Å². The Balaban J connectivity index is 2.01. The summed E-state index contributed by atoms with van der Waals surface area (Å²) in [4.78, 5) is 41.0. The van der Waals surface area contributed by atoms with Gasteiger partial charge in [0.15, 0.2) is 10.9 Å². The Morgan fingerprint density at radius 1 is 1.38 bits per heavy atom. The number of rotatable bonds is 4. The number of likely N-dealkylation sites (N-methyl/N-ethyl adjacent to an activating group) is 1. The maximum Gasteiger partial charge on any atom is 0.293 e. The van der Waals surface area contributed by atoms with Crippen molar-refractivity contribution in [1.29, 1.82) is 0 Å². The van der Waals surface area contributed by atoms with Crippen molar-refractivity contribution in [2.45, 2.75) is 6.92 Å². The molecule has 0 atom stereocenters. The molecule has 1 aromatic carbocycles. The Morgan fingerprint density at radius 3 is 2.65 bits per heavy atom. The van der Waals surface area contributed by atoms with Gasteiger partial charge in [0.25, 0.3) is 11.1 Å². The van der Waals surface area contributed by atoms with Gasteiger partial charge in [0.05, 0.1) is 16.7 Å². The molecule has 2 N–H and O–H groups in total. The lowest BCUT2D eigenvalue weighted by atomic mass is 10.1. The van der Waals surface area contributed by atoms with Crippen molar-refractivity contribution in [3.63, 3.8) is 0 Å². The molecule has 2 heterocycles. The van der Waals surface area contributed by atoms with Crippen LogP contribution in [0, 0.1) is 0 Å².